The average Bonchev–Trinajstić information content (AvgIpc) is 3.32. The number of aromatic nitrogens is 2. The number of amides is 1. The summed E-state index contributed by atoms with van der Waals surface area (Å²) < 4.78 is 11.1. The molecule has 0 aliphatic carbocycles. The summed E-state index contributed by atoms with van der Waals surface area (Å²) in [6, 6.07) is 0.339. The topological polar surface area (TPSA) is 67.8 Å². The van der Waals surface area contributed by atoms with Gasteiger partial charge in [-0.2, -0.15) is 0 Å². The molecule has 2 fully saturated rings. The molecule has 2 saturated heterocycles. The Morgan fingerprint density at radius 3 is 3.04 bits per heavy atom. The molecule has 0 aromatic carbocycles. The van der Waals surface area contributed by atoms with E-state index in [1.807, 2.05) is 11.1 Å². The third-order valence-electron chi connectivity index (χ3n) is 5.68. The van der Waals surface area contributed by atoms with Crippen molar-refractivity contribution >= 4 is 5.91 Å². The van der Waals surface area contributed by atoms with Crippen molar-refractivity contribution in [3.63, 3.8) is 0 Å². The maximum atomic E-state index is 12.4. The zero-order valence-corrected chi connectivity index (χ0v) is 15.5. The quantitative estimate of drug-likeness (QED) is 0.789. The lowest BCUT2D eigenvalue weighted by atomic mass is 10.1. The van der Waals surface area contributed by atoms with Crippen LogP contribution in [0.4, 0.5) is 0 Å². The number of hydrogen-bond acceptors (Lipinski definition) is 6. The first-order valence-electron chi connectivity index (χ1n) is 9.73. The Hall–Kier alpha value is -1.57. The van der Waals surface area contributed by atoms with Crippen molar-refractivity contribution in [3.05, 3.63) is 23.3 Å². The highest BCUT2D eigenvalue weighted by atomic mass is 16.5. The van der Waals surface area contributed by atoms with Gasteiger partial charge in [-0.15, -0.1) is 0 Å². The van der Waals surface area contributed by atoms with Gasteiger partial charge in [-0.05, 0) is 39.3 Å². The lowest BCUT2D eigenvalue weighted by Crippen LogP contribution is -2.39. The molecule has 0 N–H and O–H groups in total. The molecule has 0 spiro atoms. The van der Waals surface area contributed by atoms with Gasteiger partial charge in [0.15, 0.2) is 0 Å². The number of carbonyl (C=O) groups is 1. The molecule has 4 rings (SSSR count). The molecule has 0 unspecified atom stereocenters. The van der Waals surface area contributed by atoms with Gasteiger partial charge in [0, 0.05) is 37.9 Å². The largest absolute Gasteiger partial charge is 0.376 e. The maximum absolute atomic E-state index is 12.4. The smallest absolute Gasteiger partial charge is 0.248 e. The summed E-state index contributed by atoms with van der Waals surface area (Å²) in [7, 11) is 2.14. The summed E-state index contributed by atoms with van der Waals surface area (Å²) in [6.07, 6.45) is 7.31. The number of nitrogens with zero attached hydrogens (tertiary/aromatic N) is 4. The third-order valence-corrected chi connectivity index (χ3v) is 5.68. The Bertz CT molecular complexity index is 648. The Kier molecular flexibility index (Phi) is 5.47. The molecule has 26 heavy (non-hydrogen) atoms. The van der Waals surface area contributed by atoms with Crippen LogP contribution >= 0.6 is 0 Å². The van der Waals surface area contributed by atoms with Crippen LogP contribution in [0.2, 0.25) is 0 Å². The van der Waals surface area contributed by atoms with Gasteiger partial charge < -0.3 is 14.4 Å². The molecule has 1 amide bonds. The van der Waals surface area contributed by atoms with Crippen molar-refractivity contribution in [2.45, 2.75) is 50.8 Å². The van der Waals surface area contributed by atoms with E-state index in [9.17, 15) is 4.79 Å². The first-order valence-corrected chi connectivity index (χ1v) is 9.73. The Morgan fingerprint density at radius 1 is 1.35 bits per heavy atom. The predicted octanol–water partition coefficient (Wildman–Crippen LogP) is 1.32. The van der Waals surface area contributed by atoms with Gasteiger partial charge in [0.1, 0.15) is 12.4 Å². The molecule has 2 atom stereocenters. The zero-order chi connectivity index (χ0) is 17.9. The SMILES string of the molecule is CN1CCC[C@@H]1c1ncc2c(n1)CCN(C(=O)COC[C@H]1CCCO1)C2. The van der Waals surface area contributed by atoms with Crippen molar-refractivity contribution < 1.29 is 14.3 Å². The molecule has 0 saturated carbocycles. The van der Waals surface area contributed by atoms with Gasteiger partial charge in [0.05, 0.1) is 24.4 Å². The van der Waals surface area contributed by atoms with Crippen LogP contribution in [-0.2, 0) is 27.2 Å². The highest BCUT2D eigenvalue weighted by Crippen LogP contribution is 2.29. The summed E-state index contributed by atoms with van der Waals surface area (Å²) in [5.74, 6) is 0.969. The number of ether oxygens (including phenoxy) is 2. The fourth-order valence-electron chi connectivity index (χ4n) is 4.09. The first-order chi connectivity index (χ1) is 12.7. The van der Waals surface area contributed by atoms with Gasteiger partial charge in [-0.1, -0.05) is 0 Å². The molecule has 3 aliphatic heterocycles. The van der Waals surface area contributed by atoms with Crippen LogP contribution in [0.25, 0.3) is 0 Å². The predicted molar refractivity (Wildman–Crippen MR) is 95.6 cm³/mol. The summed E-state index contributed by atoms with van der Waals surface area (Å²) in [5, 5.41) is 0. The Balaban J connectivity index is 1.31. The van der Waals surface area contributed by atoms with E-state index in [2.05, 4.69) is 16.9 Å². The van der Waals surface area contributed by atoms with Crippen LogP contribution in [-0.4, -0.2) is 71.7 Å². The Labute approximate surface area is 154 Å². The van der Waals surface area contributed by atoms with Gasteiger partial charge in [-0.3, -0.25) is 9.69 Å². The van der Waals surface area contributed by atoms with Crippen LogP contribution < -0.4 is 0 Å². The highest BCUT2D eigenvalue weighted by Gasteiger charge is 2.28. The number of carbonyl (C=O) groups excluding carboxylic acids is 1. The third kappa shape index (κ3) is 3.89. The van der Waals surface area contributed by atoms with E-state index < -0.39 is 0 Å². The van der Waals surface area contributed by atoms with E-state index in [1.165, 1.54) is 6.42 Å². The van der Waals surface area contributed by atoms with Crippen molar-refractivity contribution in [2.75, 3.05) is 40.0 Å². The molecular formula is C19H28N4O3. The van der Waals surface area contributed by atoms with Crippen molar-refractivity contribution in [1.82, 2.24) is 19.8 Å². The van der Waals surface area contributed by atoms with Crippen LogP contribution in [0.15, 0.2) is 6.20 Å². The monoisotopic (exact) mass is 360 g/mol. The van der Waals surface area contributed by atoms with E-state index in [0.717, 1.165) is 55.9 Å². The minimum Gasteiger partial charge on any atom is -0.376 e. The van der Waals surface area contributed by atoms with Gasteiger partial charge >= 0.3 is 0 Å². The lowest BCUT2D eigenvalue weighted by Gasteiger charge is -2.29. The molecule has 7 nitrogen and oxygen atoms in total. The van der Waals surface area contributed by atoms with E-state index in [1.54, 1.807) is 0 Å². The van der Waals surface area contributed by atoms with Crippen molar-refractivity contribution in [2.24, 2.45) is 0 Å². The van der Waals surface area contributed by atoms with Gasteiger partial charge in [0.2, 0.25) is 5.91 Å². The minimum atomic E-state index is 0.0354. The molecule has 1 aromatic rings. The second kappa shape index (κ2) is 7.98. The number of likely N-dealkylation sites (tertiary alicyclic amines) is 1. The van der Waals surface area contributed by atoms with Crippen LogP contribution in [0.5, 0.6) is 0 Å². The molecule has 0 radical (unpaired) electrons. The molecule has 0 bridgehead atoms. The second-order valence-corrected chi connectivity index (χ2v) is 7.55. The standard InChI is InChI=1S/C19H28N4O3/c1-22-7-2-5-17(22)19-20-10-14-11-23(8-6-16(14)21-19)18(24)13-25-12-15-4-3-9-26-15/h10,15,17H,2-9,11-13H2,1H3/t15-,17-/m1/s1. The number of fused-ring (bicyclic) bond motifs is 1. The summed E-state index contributed by atoms with van der Waals surface area (Å²) in [4.78, 5) is 26.0. The molecule has 142 valence electrons. The van der Waals surface area contributed by atoms with Crippen molar-refractivity contribution in [1.29, 1.82) is 0 Å². The van der Waals surface area contributed by atoms with Crippen LogP contribution in [0.1, 0.15) is 48.8 Å². The molecule has 7 heteroatoms. The highest BCUT2D eigenvalue weighted by molar-refractivity contribution is 5.77. The van der Waals surface area contributed by atoms with E-state index >= 15 is 0 Å². The van der Waals surface area contributed by atoms with E-state index in [0.29, 0.717) is 25.7 Å². The second-order valence-electron chi connectivity index (χ2n) is 7.55. The molecular weight excluding hydrogens is 332 g/mol. The van der Waals surface area contributed by atoms with Gasteiger partial charge in [0.25, 0.3) is 0 Å². The van der Waals surface area contributed by atoms with E-state index in [-0.39, 0.29) is 18.6 Å². The molecule has 1 aromatic heterocycles. The van der Waals surface area contributed by atoms with Crippen molar-refractivity contribution in [3.8, 4) is 0 Å². The van der Waals surface area contributed by atoms with E-state index in [4.69, 9.17) is 14.5 Å². The Morgan fingerprint density at radius 2 is 2.27 bits per heavy atom. The van der Waals surface area contributed by atoms with Crippen LogP contribution in [0, 0.1) is 0 Å². The number of hydrogen-bond donors (Lipinski definition) is 0. The summed E-state index contributed by atoms with van der Waals surface area (Å²) in [6.45, 7) is 3.84. The van der Waals surface area contributed by atoms with Gasteiger partial charge in [-0.25, -0.2) is 9.97 Å². The minimum absolute atomic E-state index is 0.0354. The number of rotatable bonds is 5. The average molecular weight is 360 g/mol. The molecule has 3 aliphatic rings. The lowest BCUT2D eigenvalue weighted by molar-refractivity contribution is -0.138. The summed E-state index contributed by atoms with van der Waals surface area (Å²) >= 11 is 0. The summed E-state index contributed by atoms with van der Waals surface area (Å²) in [5.41, 5.74) is 2.16. The first kappa shape index (κ1) is 17.8. The fourth-order valence-corrected chi connectivity index (χ4v) is 4.09. The fraction of sp³-hybridized carbons (Fsp3) is 0.737. The zero-order valence-electron chi connectivity index (χ0n) is 15.5. The maximum Gasteiger partial charge on any atom is 0.248 e. The van der Waals surface area contributed by atoms with Crippen LogP contribution in [0.3, 0.4) is 0 Å². The normalized spacial score (nSPS) is 26.3. The molecule has 4 heterocycles.